The molecule has 0 aliphatic heterocycles. The number of carboxylic acids is 2. The van der Waals surface area contributed by atoms with Crippen molar-refractivity contribution in [2.45, 2.75) is 214 Å². The zero-order valence-electron chi connectivity index (χ0n) is 41.8. The first-order valence-corrected chi connectivity index (χ1v) is 25.8. The van der Waals surface area contributed by atoms with Gasteiger partial charge in [-0.25, -0.2) is 0 Å². The van der Waals surface area contributed by atoms with Crippen molar-refractivity contribution < 1.29 is 84.6 Å². The molecule has 9 N–H and O–H groups in total. The van der Waals surface area contributed by atoms with E-state index in [1.807, 2.05) is 0 Å². The Bertz CT molecular complexity index is 1310. The van der Waals surface area contributed by atoms with E-state index in [0.717, 1.165) is 94.3 Å². The van der Waals surface area contributed by atoms with Crippen molar-refractivity contribution in [3.05, 3.63) is 0 Å². The van der Waals surface area contributed by atoms with Gasteiger partial charge in [-0.1, -0.05) is 91.9 Å². The molecule has 4 saturated carbocycles. The molecule has 0 radical (unpaired) electrons. The van der Waals surface area contributed by atoms with E-state index in [-0.39, 0.29) is 94.8 Å². The molecule has 0 heterocycles. The number of aliphatic hydroxyl groups excluding tert-OH is 1. The second-order valence-electron chi connectivity index (χ2n) is 19.7. The van der Waals surface area contributed by atoms with E-state index in [4.69, 9.17) is 46.7 Å². The van der Waals surface area contributed by atoms with E-state index in [0.29, 0.717) is 42.6 Å². The van der Waals surface area contributed by atoms with Gasteiger partial charge in [-0.3, -0.25) is 24.0 Å². The third kappa shape index (κ3) is 25.2. The Hall–Kier alpha value is -1.76. The van der Waals surface area contributed by atoms with Crippen molar-refractivity contribution in [3.63, 3.8) is 0 Å². The summed E-state index contributed by atoms with van der Waals surface area (Å²) in [6.07, 6.45) is 27.8. The Kier molecular flexibility index (Phi) is 37.0. The summed E-state index contributed by atoms with van der Waals surface area (Å²) in [6, 6.07) is 0. The van der Waals surface area contributed by atoms with Crippen LogP contribution in [0.15, 0.2) is 0 Å². The minimum absolute atomic E-state index is 0. The standard InChI is InChI=1S/C42H72O6.2C3H7NO2.C3H9NO.U/c1-5-7-9-11-13-20-38(43)46-30-34(48-40(45)21-14-12-10-8-6-2)31-47-39(44)22-17-19-33-24-26-36-35-25-23-32-18-15-16-28-41(32,3)37(35)27-29-42(33,36)4;2*4-2-1-3(5)6;4-2-1-3-5;/h32-37H,5-31H2,1-4H3;2*1-2,4H2,(H,5,6);5H,1-4H2;/t32?,33-,34?,35?,36?,37?,41?,42?;;;;/m0..../s1. The molecule has 0 bridgehead atoms. The molecule has 4 fully saturated rings. The summed E-state index contributed by atoms with van der Waals surface area (Å²) in [5, 5.41) is 23.7. The van der Waals surface area contributed by atoms with Crippen molar-refractivity contribution >= 4 is 29.8 Å². The number of fused-ring (bicyclic) bond motifs is 5. The zero-order valence-corrected chi connectivity index (χ0v) is 46.0. The quantitative estimate of drug-likeness (QED) is 0.0255. The number of hydrogen-bond donors (Lipinski definition) is 6. The number of unbranched alkanes of at least 4 members (excludes halogenated alkanes) is 8. The van der Waals surface area contributed by atoms with Crippen LogP contribution in [-0.4, -0.2) is 90.7 Å². The fourth-order valence-electron chi connectivity index (χ4n) is 11.3. The van der Waals surface area contributed by atoms with E-state index in [2.05, 4.69) is 27.7 Å². The Labute approximate surface area is 422 Å². The van der Waals surface area contributed by atoms with Crippen LogP contribution < -0.4 is 17.2 Å². The molecule has 0 spiro atoms. The molecule has 0 aromatic rings. The normalized spacial score (nSPS) is 25.1. The first kappa shape index (κ1) is 64.2. The van der Waals surface area contributed by atoms with Gasteiger partial charge in [0.1, 0.15) is 13.2 Å². The molecule has 4 aliphatic rings. The number of nitrogens with two attached hydrogens (primary N) is 3. The number of hydrogen-bond acceptors (Lipinski definition) is 12. The van der Waals surface area contributed by atoms with E-state index < -0.39 is 18.0 Å². The molecule has 4 rings (SSSR count). The van der Waals surface area contributed by atoms with Crippen LogP contribution in [0.3, 0.4) is 0 Å². The first-order valence-electron chi connectivity index (χ1n) is 25.8. The van der Waals surface area contributed by atoms with Gasteiger partial charge in [-0.15, -0.1) is 0 Å². The van der Waals surface area contributed by atoms with Crippen LogP contribution in [0.2, 0.25) is 0 Å². The van der Waals surface area contributed by atoms with Crippen molar-refractivity contribution in [1.82, 2.24) is 0 Å². The fourth-order valence-corrected chi connectivity index (χ4v) is 11.3. The van der Waals surface area contributed by atoms with Gasteiger partial charge in [-0.2, -0.15) is 0 Å². The van der Waals surface area contributed by atoms with Crippen LogP contribution in [0.25, 0.3) is 0 Å². The number of aliphatic hydroxyl groups is 1. The average Bonchev–Trinajstić information content (AvgIpc) is 3.61. The van der Waals surface area contributed by atoms with Gasteiger partial charge in [0.15, 0.2) is 6.10 Å². The van der Waals surface area contributed by atoms with Crippen LogP contribution in [0.5, 0.6) is 0 Å². The summed E-state index contributed by atoms with van der Waals surface area (Å²) < 4.78 is 16.8. The van der Waals surface area contributed by atoms with Gasteiger partial charge in [0.2, 0.25) is 0 Å². The molecule has 66 heavy (non-hydrogen) atoms. The van der Waals surface area contributed by atoms with Gasteiger partial charge in [0.25, 0.3) is 0 Å². The maximum absolute atomic E-state index is 12.9. The third-order valence-corrected chi connectivity index (χ3v) is 14.9. The topological polar surface area (TPSA) is 252 Å². The fraction of sp³-hybridized carbons (Fsp3) is 0.902. The smallest absolute Gasteiger partial charge is 0.306 e. The second-order valence-corrected chi connectivity index (χ2v) is 19.7. The Morgan fingerprint density at radius 2 is 1.11 bits per heavy atom. The molecule has 14 nitrogen and oxygen atoms in total. The molecule has 8 atom stereocenters. The number of ether oxygens (including phenoxy) is 3. The minimum Gasteiger partial charge on any atom is -0.481 e. The molecule has 7 unspecified atom stereocenters. The summed E-state index contributed by atoms with van der Waals surface area (Å²) in [5.74, 6) is 1.84. The summed E-state index contributed by atoms with van der Waals surface area (Å²) in [5.41, 5.74) is 15.7. The summed E-state index contributed by atoms with van der Waals surface area (Å²) in [6.45, 7) is 10.7. The van der Waals surface area contributed by atoms with E-state index >= 15 is 0 Å². The minimum atomic E-state index is -0.836. The summed E-state index contributed by atoms with van der Waals surface area (Å²) >= 11 is 0. The molecule has 0 amide bonds. The third-order valence-electron chi connectivity index (χ3n) is 14.9. The van der Waals surface area contributed by atoms with E-state index in [1.165, 1.54) is 77.0 Å². The van der Waals surface area contributed by atoms with Gasteiger partial charge in [-0.05, 0) is 130 Å². The van der Waals surface area contributed by atoms with Crippen LogP contribution in [0, 0.1) is 71.5 Å². The molecule has 0 aromatic heterocycles. The monoisotopic (exact) mass is 1160 g/mol. The number of esters is 3. The number of aliphatic carboxylic acids is 2. The van der Waals surface area contributed by atoms with Crippen LogP contribution in [-0.2, 0) is 38.2 Å². The maximum atomic E-state index is 12.9. The van der Waals surface area contributed by atoms with E-state index in [1.54, 1.807) is 0 Å². The van der Waals surface area contributed by atoms with Crippen molar-refractivity contribution in [2.75, 3.05) is 39.5 Å². The van der Waals surface area contributed by atoms with E-state index in [9.17, 15) is 24.0 Å². The van der Waals surface area contributed by atoms with Gasteiger partial charge in [0, 0.05) is 70.1 Å². The number of carboxylic acid groups (broad SMARTS) is 2. The maximum Gasteiger partial charge on any atom is 0.306 e. The number of rotatable bonds is 27. The predicted molar refractivity (Wildman–Crippen MR) is 256 cm³/mol. The summed E-state index contributed by atoms with van der Waals surface area (Å²) in [7, 11) is 0. The molecule has 384 valence electrons. The molecule has 15 heteroatoms. The van der Waals surface area contributed by atoms with Gasteiger partial charge in [0.05, 0.1) is 12.8 Å². The van der Waals surface area contributed by atoms with Gasteiger partial charge >= 0.3 is 29.8 Å². The van der Waals surface area contributed by atoms with Crippen molar-refractivity contribution in [3.8, 4) is 0 Å². The molecule has 0 aromatic carbocycles. The van der Waals surface area contributed by atoms with Crippen molar-refractivity contribution in [1.29, 1.82) is 0 Å². The Morgan fingerprint density at radius 3 is 1.59 bits per heavy atom. The SMILES string of the molecule is CCCCCCCC(=O)OCC(COC(=O)CCC[C@H]1CCC2C3CCC4CCCCC4(C)C3CCC21C)OC(=O)CCCCCCC.NCCC(=O)O.NCCC(=O)O.NCCCO.[U]. The largest absolute Gasteiger partial charge is 0.481 e. The molecule has 4 aliphatic carbocycles. The van der Waals surface area contributed by atoms with Crippen LogP contribution >= 0.6 is 0 Å². The van der Waals surface area contributed by atoms with Gasteiger partial charge < -0.3 is 46.7 Å². The number of carbonyl (C=O) groups excluding carboxylic acids is 3. The zero-order chi connectivity index (χ0) is 48.5. The Morgan fingerprint density at radius 1 is 0.576 bits per heavy atom. The summed E-state index contributed by atoms with van der Waals surface area (Å²) in [4.78, 5) is 56.9. The second kappa shape index (κ2) is 38.1. The van der Waals surface area contributed by atoms with Crippen LogP contribution in [0.4, 0.5) is 0 Å². The number of carbonyl (C=O) groups is 5. The molecular weight excluding hydrogens is 1070 g/mol. The Balaban J connectivity index is 0.00000199. The van der Waals surface area contributed by atoms with Crippen molar-refractivity contribution in [2.24, 2.45) is 57.6 Å². The average molecular weight is 1160 g/mol. The predicted octanol–water partition coefficient (Wildman–Crippen LogP) is 9.09. The van der Waals surface area contributed by atoms with Crippen LogP contribution in [0.1, 0.15) is 207 Å². The molecule has 0 saturated heterocycles. The molecular formula is C51H95N3O11U. The first-order chi connectivity index (χ1) is 31.2.